The maximum atomic E-state index is 12.0. The van der Waals surface area contributed by atoms with Gasteiger partial charge < -0.3 is 9.67 Å². The Morgan fingerprint density at radius 3 is 2.41 bits per heavy atom. The maximum absolute atomic E-state index is 12.0. The van der Waals surface area contributed by atoms with Crippen LogP contribution in [0.2, 0.25) is 0 Å². The van der Waals surface area contributed by atoms with Crippen molar-refractivity contribution in [3.05, 3.63) is 18.0 Å². The van der Waals surface area contributed by atoms with Gasteiger partial charge in [-0.05, 0) is 18.9 Å². The van der Waals surface area contributed by atoms with Gasteiger partial charge in [-0.3, -0.25) is 0 Å². The van der Waals surface area contributed by atoms with Crippen molar-refractivity contribution in [2.45, 2.75) is 38.3 Å². The number of rotatable bonds is 5. The quantitative estimate of drug-likeness (QED) is 0.824. The predicted molar refractivity (Wildman–Crippen MR) is 66.0 cm³/mol. The summed E-state index contributed by atoms with van der Waals surface area (Å²) in [5.41, 5.74) is 0.572. The molecular formula is C11H20N2O3S. The van der Waals surface area contributed by atoms with E-state index in [1.54, 1.807) is 11.6 Å². The molecule has 0 saturated carbocycles. The summed E-state index contributed by atoms with van der Waals surface area (Å²) in [4.78, 5) is 0.191. The lowest BCUT2D eigenvalue weighted by atomic mass is 10.1. The number of nitrogens with one attached hydrogen (secondary N) is 1. The molecule has 1 unspecified atom stereocenters. The molecule has 0 aliphatic carbocycles. The van der Waals surface area contributed by atoms with Crippen LogP contribution in [-0.2, 0) is 23.7 Å². The van der Waals surface area contributed by atoms with Crippen LogP contribution >= 0.6 is 0 Å². The third-order valence-electron chi connectivity index (χ3n) is 2.90. The van der Waals surface area contributed by atoms with Crippen LogP contribution in [0.15, 0.2) is 17.2 Å². The smallest absolute Gasteiger partial charge is 0.242 e. The molecule has 0 aliphatic heterocycles. The first-order chi connectivity index (χ1) is 7.77. The summed E-state index contributed by atoms with van der Waals surface area (Å²) >= 11 is 0. The molecule has 98 valence electrons. The summed E-state index contributed by atoms with van der Waals surface area (Å²) < 4.78 is 28.3. The minimum atomic E-state index is -3.50. The van der Waals surface area contributed by atoms with E-state index in [9.17, 15) is 8.42 Å². The van der Waals surface area contributed by atoms with Crippen molar-refractivity contribution in [2.75, 3.05) is 0 Å². The van der Waals surface area contributed by atoms with Gasteiger partial charge in [-0.1, -0.05) is 13.8 Å². The number of aliphatic hydroxyl groups excluding tert-OH is 1. The number of sulfonamides is 1. The molecule has 1 heterocycles. The molecule has 1 rings (SSSR count). The molecule has 0 amide bonds. The molecule has 0 aromatic carbocycles. The second kappa shape index (κ2) is 5.20. The van der Waals surface area contributed by atoms with E-state index >= 15 is 0 Å². The SMILES string of the molecule is CC(C)C(C)NS(=O)(=O)c1cc(CO)n(C)c1. The Hall–Kier alpha value is -0.850. The van der Waals surface area contributed by atoms with E-state index < -0.39 is 10.0 Å². The molecule has 1 aromatic heterocycles. The third kappa shape index (κ3) is 3.31. The monoisotopic (exact) mass is 260 g/mol. The van der Waals surface area contributed by atoms with E-state index in [4.69, 9.17) is 5.11 Å². The Morgan fingerprint density at radius 2 is 2.00 bits per heavy atom. The van der Waals surface area contributed by atoms with Crippen LogP contribution in [0.25, 0.3) is 0 Å². The first-order valence-corrected chi connectivity index (χ1v) is 7.04. The van der Waals surface area contributed by atoms with Crippen LogP contribution in [-0.4, -0.2) is 24.1 Å². The van der Waals surface area contributed by atoms with Gasteiger partial charge in [0.25, 0.3) is 0 Å². The van der Waals surface area contributed by atoms with Crippen molar-refractivity contribution in [3.63, 3.8) is 0 Å². The van der Waals surface area contributed by atoms with E-state index in [1.807, 2.05) is 20.8 Å². The van der Waals surface area contributed by atoms with Crippen LogP contribution in [0.5, 0.6) is 0 Å². The number of aryl methyl sites for hydroxylation is 1. The topological polar surface area (TPSA) is 71.3 Å². The normalized spacial score (nSPS) is 14.2. The summed E-state index contributed by atoms with van der Waals surface area (Å²) in [5.74, 6) is 0.228. The fourth-order valence-electron chi connectivity index (χ4n) is 1.33. The highest BCUT2D eigenvalue weighted by molar-refractivity contribution is 7.89. The van der Waals surface area contributed by atoms with E-state index in [2.05, 4.69) is 4.72 Å². The molecule has 0 aliphatic rings. The molecule has 0 fully saturated rings. The van der Waals surface area contributed by atoms with Crippen molar-refractivity contribution in [3.8, 4) is 0 Å². The molecule has 1 aromatic rings. The van der Waals surface area contributed by atoms with E-state index in [-0.39, 0.29) is 23.5 Å². The van der Waals surface area contributed by atoms with Crippen LogP contribution < -0.4 is 4.72 Å². The van der Waals surface area contributed by atoms with Crippen molar-refractivity contribution in [1.82, 2.24) is 9.29 Å². The number of hydrogen-bond donors (Lipinski definition) is 2. The molecule has 0 saturated heterocycles. The number of hydrogen-bond acceptors (Lipinski definition) is 3. The highest BCUT2D eigenvalue weighted by Gasteiger charge is 2.21. The van der Waals surface area contributed by atoms with Gasteiger partial charge in [0.05, 0.1) is 11.5 Å². The largest absolute Gasteiger partial charge is 0.390 e. The van der Waals surface area contributed by atoms with Gasteiger partial charge in [0.15, 0.2) is 0 Å². The second-order valence-electron chi connectivity index (χ2n) is 4.59. The molecule has 0 bridgehead atoms. The zero-order valence-electron chi connectivity index (χ0n) is 10.6. The van der Waals surface area contributed by atoms with Crippen molar-refractivity contribution in [2.24, 2.45) is 13.0 Å². The minimum absolute atomic E-state index is 0.127. The van der Waals surface area contributed by atoms with Crippen molar-refractivity contribution >= 4 is 10.0 Å². The van der Waals surface area contributed by atoms with Gasteiger partial charge in [0, 0.05) is 25.0 Å². The van der Waals surface area contributed by atoms with E-state index in [1.165, 1.54) is 12.3 Å². The zero-order chi connectivity index (χ0) is 13.2. The lowest BCUT2D eigenvalue weighted by Gasteiger charge is -2.16. The Kier molecular flexibility index (Phi) is 4.35. The first kappa shape index (κ1) is 14.2. The number of aromatic nitrogens is 1. The van der Waals surface area contributed by atoms with Crippen LogP contribution in [0.1, 0.15) is 26.5 Å². The summed E-state index contributed by atoms with van der Waals surface area (Å²) in [6.07, 6.45) is 1.50. The van der Waals surface area contributed by atoms with Crippen molar-refractivity contribution < 1.29 is 13.5 Å². The molecule has 6 heteroatoms. The first-order valence-electron chi connectivity index (χ1n) is 5.56. The average molecular weight is 260 g/mol. The number of nitrogens with zero attached hydrogens (tertiary/aromatic N) is 1. The average Bonchev–Trinajstić information content (AvgIpc) is 2.59. The Balaban J connectivity index is 2.97. The van der Waals surface area contributed by atoms with Gasteiger partial charge in [0.1, 0.15) is 0 Å². The van der Waals surface area contributed by atoms with Gasteiger partial charge in [-0.25, -0.2) is 13.1 Å². The fourth-order valence-corrected chi connectivity index (χ4v) is 2.82. The van der Waals surface area contributed by atoms with E-state index in [0.29, 0.717) is 5.69 Å². The molecule has 0 spiro atoms. The molecule has 2 N–H and O–H groups in total. The highest BCUT2D eigenvalue weighted by Crippen LogP contribution is 2.15. The maximum Gasteiger partial charge on any atom is 0.242 e. The van der Waals surface area contributed by atoms with Gasteiger partial charge >= 0.3 is 0 Å². The number of aliphatic hydroxyl groups is 1. The molecule has 17 heavy (non-hydrogen) atoms. The highest BCUT2D eigenvalue weighted by atomic mass is 32.2. The van der Waals surface area contributed by atoms with Gasteiger partial charge in [0.2, 0.25) is 10.0 Å². The molecule has 0 radical (unpaired) electrons. The van der Waals surface area contributed by atoms with Crippen LogP contribution in [0.3, 0.4) is 0 Å². The summed E-state index contributed by atoms with van der Waals surface area (Å²) in [6.45, 7) is 5.57. The Morgan fingerprint density at radius 1 is 1.41 bits per heavy atom. The zero-order valence-corrected chi connectivity index (χ0v) is 11.5. The van der Waals surface area contributed by atoms with Gasteiger partial charge in [-0.15, -0.1) is 0 Å². The lowest BCUT2D eigenvalue weighted by molar-refractivity contribution is 0.272. The van der Waals surface area contributed by atoms with Crippen LogP contribution in [0, 0.1) is 5.92 Å². The Bertz CT molecular complexity index is 477. The lowest BCUT2D eigenvalue weighted by Crippen LogP contribution is -2.35. The molecule has 1 atom stereocenters. The molecule has 5 nitrogen and oxygen atoms in total. The summed E-state index contributed by atoms with van der Waals surface area (Å²) in [6, 6.07) is 1.35. The second-order valence-corrected chi connectivity index (χ2v) is 6.30. The Labute approximate surface area is 103 Å². The van der Waals surface area contributed by atoms with Crippen molar-refractivity contribution in [1.29, 1.82) is 0 Å². The molecular weight excluding hydrogens is 240 g/mol. The standard InChI is InChI=1S/C11H20N2O3S/c1-8(2)9(3)12-17(15,16)11-5-10(7-14)13(4)6-11/h5-6,8-9,12,14H,7H2,1-4H3. The summed E-state index contributed by atoms with van der Waals surface area (Å²) in [7, 11) is -1.79. The van der Waals surface area contributed by atoms with Gasteiger partial charge in [-0.2, -0.15) is 0 Å². The summed E-state index contributed by atoms with van der Waals surface area (Å²) in [5, 5.41) is 9.03. The third-order valence-corrected chi connectivity index (χ3v) is 4.42. The minimum Gasteiger partial charge on any atom is -0.390 e. The predicted octanol–water partition coefficient (Wildman–Crippen LogP) is 0.840. The fraction of sp³-hybridized carbons (Fsp3) is 0.636. The van der Waals surface area contributed by atoms with E-state index in [0.717, 1.165) is 0 Å². The van der Waals surface area contributed by atoms with Crippen LogP contribution in [0.4, 0.5) is 0 Å².